The molecular weight excluding hydrogens is 434 g/mol. The Morgan fingerprint density at radius 1 is 0.939 bits per heavy atom. The second-order valence-electron chi connectivity index (χ2n) is 8.28. The maximum Gasteiger partial charge on any atom is 0.234 e. The summed E-state index contributed by atoms with van der Waals surface area (Å²) in [5.74, 6) is 1.04. The third kappa shape index (κ3) is 6.52. The molecule has 1 amide bonds. The third-order valence-electron chi connectivity index (χ3n) is 5.70. The van der Waals surface area contributed by atoms with Crippen LogP contribution in [0.4, 0.5) is 5.69 Å². The number of aromatic nitrogens is 3. The first-order valence-electron chi connectivity index (χ1n) is 11.3. The van der Waals surface area contributed by atoms with Gasteiger partial charge in [-0.1, -0.05) is 48.5 Å². The number of nitrogens with zero attached hydrogens (tertiary/aromatic N) is 4. The van der Waals surface area contributed by atoms with E-state index < -0.39 is 0 Å². The van der Waals surface area contributed by atoms with Crippen molar-refractivity contribution in [2.24, 2.45) is 0 Å². The fourth-order valence-corrected chi connectivity index (χ4v) is 4.66. The Morgan fingerprint density at radius 3 is 2.36 bits per heavy atom. The van der Waals surface area contributed by atoms with Crippen LogP contribution in [0.15, 0.2) is 59.8 Å². The Hall–Kier alpha value is -2.97. The van der Waals surface area contributed by atoms with Gasteiger partial charge in [0.2, 0.25) is 5.91 Å². The van der Waals surface area contributed by atoms with Gasteiger partial charge >= 0.3 is 0 Å². The zero-order chi connectivity index (χ0) is 23.0. The lowest BCUT2D eigenvalue weighted by Gasteiger charge is -2.26. The monoisotopic (exact) mass is 463 g/mol. The summed E-state index contributed by atoms with van der Waals surface area (Å²) < 4.78 is 2.13. The molecule has 7 nitrogen and oxygen atoms in total. The van der Waals surface area contributed by atoms with E-state index >= 15 is 0 Å². The van der Waals surface area contributed by atoms with Crippen molar-refractivity contribution in [3.63, 3.8) is 0 Å². The smallest absolute Gasteiger partial charge is 0.234 e. The highest BCUT2D eigenvalue weighted by Crippen LogP contribution is 2.21. The predicted octanol–water partition coefficient (Wildman–Crippen LogP) is 4.25. The minimum atomic E-state index is -0.123. The number of rotatable bonds is 9. The van der Waals surface area contributed by atoms with Gasteiger partial charge < -0.3 is 9.88 Å². The molecule has 8 heteroatoms. The second-order valence-corrected chi connectivity index (χ2v) is 9.22. The number of carbonyl (C=O) groups excluding carboxylic acids is 2. The van der Waals surface area contributed by atoms with Crippen LogP contribution in [0, 0.1) is 0 Å². The molecule has 1 saturated heterocycles. The molecule has 3 aromatic rings. The number of likely N-dealkylation sites (tertiary alicyclic amines) is 1. The summed E-state index contributed by atoms with van der Waals surface area (Å²) in [4.78, 5) is 26.4. The number of ketones is 1. The van der Waals surface area contributed by atoms with Gasteiger partial charge in [0.1, 0.15) is 5.82 Å². The number of amides is 1. The highest BCUT2D eigenvalue weighted by Gasteiger charge is 2.18. The van der Waals surface area contributed by atoms with Gasteiger partial charge in [-0.2, -0.15) is 0 Å². The van der Waals surface area contributed by atoms with Crippen molar-refractivity contribution in [2.75, 3.05) is 24.2 Å². The second kappa shape index (κ2) is 11.2. The summed E-state index contributed by atoms with van der Waals surface area (Å²) in [6.45, 7) is 5.15. The zero-order valence-electron chi connectivity index (χ0n) is 18.9. The molecule has 0 spiro atoms. The Morgan fingerprint density at radius 2 is 1.67 bits per heavy atom. The summed E-state index contributed by atoms with van der Waals surface area (Å²) >= 11 is 1.39. The lowest BCUT2D eigenvalue weighted by Crippen LogP contribution is -2.30. The van der Waals surface area contributed by atoms with Gasteiger partial charge in [0, 0.05) is 11.3 Å². The van der Waals surface area contributed by atoms with Crippen molar-refractivity contribution >= 4 is 29.1 Å². The first-order chi connectivity index (χ1) is 16.1. The van der Waals surface area contributed by atoms with Crippen LogP contribution in [0.5, 0.6) is 0 Å². The minimum absolute atomic E-state index is 0.00143. The van der Waals surface area contributed by atoms with Crippen molar-refractivity contribution in [3.8, 4) is 0 Å². The van der Waals surface area contributed by atoms with Crippen LogP contribution in [0.25, 0.3) is 0 Å². The molecule has 0 radical (unpaired) electrons. The first-order valence-corrected chi connectivity index (χ1v) is 12.3. The molecular formula is C25H29N5O2S. The van der Waals surface area contributed by atoms with Gasteiger partial charge in [0.05, 0.1) is 18.8 Å². The SMILES string of the molecule is CC(=O)c1ccc(NC(=O)CSc2nnc(CN3CCCCC3)n2Cc2ccccc2)cc1. The Kier molecular flexibility index (Phi) is 7.91. The third-order valence-corrected chi connectivity index (χ3v) is 6.66. The van der Waals surface area contributed by atoms with E-state index in [1.165, 1.54) is 43.5 Å². The van der Waals surface area contributed by atoms with Gasteiger partial charge in [0.25, 0.3) is 0 Å². The molecule has 2 heterocycles. The van der Waals surface area contributed by atoms with Crippen LogP contribution in [0.3, 0.4) is 0 Å². The molecule has 33 heavy (non-hydrogen) atoms. The topological polar surface area (TPSA) is 80.1 Å². The number of piperidine rings is 1. The number of hydrogen-bond donors (Lipinski definition) is 1. The first kappa shape index (κ1) is 23.2. The van der Waals surface area contributed by atoms with Crippen LogP contribution in [-0.2, 0) is 17.9 Å². The van der Waals surface area contributed by atoms with Crippen molar-refractivity contribution in [1.82, 2.24) is 19.7 Å². The summed E-state index contributed by atoms with van der Waals surface area (Å²) in [5, 5.41) is 12.5. The van der Waals surface area contributed by atoms with Gasteiger partial charge in [-0.05, 0) is 62.7 Å². The normalized spacial score (nSPS) is 14.2. The molecule has 4 rings (SSSR count). The van der Waals surface area contributed by atoms with E-state index in [-0.39, 0.29) is 17.4 Å². The van der Waals surface area contributed by atoms with E-state index in [2.05, 4.69) is 37.1 Å². The van der Waals surface area contributed by atoms with Gasteiger partial charge in [-0.3, -0.25) is 14.5 Å². The van der Waals surface area contributed by atoms with Crippen molar-refractivity contribution in [3.05, 3.63) is 71.5 Å². The molecule has 0 saturated carbocycles. The Bertz CT molecular complexity index is 1080. The average Bonchev–Trinajstić information content (AvgIpc) is 3.20. The largest absolute Gasteiger partial charge is 0.325 e. The predicted molar refractivity (Wildman–Crippen MR) is 130 cm³/mol. The molecule has 172 valence electrons. The maximum atomic E-state index is 12.5. The van der Waals surface area contributed by atoms with E-state index in [0.717, 1.165) is 30.6 Å². The Balaban J connectivity index is 1.43. The van der Waals surface area contributed by atoms with Crippen LogP contribution < -0.4 is 5.32 Å². The van der Waals surface area contributed by atoms with Crippen LogP contribution >= 0.6 is 11.8 Å². The quantitative estimate of drug-likeness (QED) is 0.378. The van der Waals surface area contributed by atoms with Gasteiger partial charge in [-0.25, -0.2) is 0 Å². The standard InChI is InChI=1S/C25H29N5O2S/c1-19(31)21-10-12-22(13-11-21)26-24(32)18-33-25-28-27-23(17-29-14-6-3-7-15-29)30(25)16-20-8-4-2-5-9-20/h2,4-5,8-13H,3,6-7,14-18H2,1H3,(H,26,32). The summed E-state index contributed by atoms with van der Waals surface area (Å²) in [6.07, 6.45) is 3.74. The van der Waals surface area contributed by atoms with Crippen LogP contribution in [-0.4, -0.2) is 50.2 Å². The van der Waals surface area contributed by atoms with Crippen LogP contribution in [0.1, 0.15) is 47.9 Å². The molecule has 0 bridgehead atoms. The summed E-state index contributed by atoms with van der Waals surface area (Å²) in [6, 6.07) is 17.2. The van der Waals surface area contributed by atoms with Crippen molar-refractivity contribution in [2.45, 2.75) is 44.4 Å². The summed E-state index contributed by atoms with van der Waals surface area (Å²) in [5.41, 5.74) is 2.47. The fraction of sp³-hybridized carbons (Fsp3) is 0.360. The number of nitrogens with one attached hydrogen (secondary N) is 1. The number of benzene rings is 2. The average molecular weight is 464 g/mol. The fourth-order valence-electron chi connectivity index (χ4n) is 3.90. The van der Waals surface area contributed by atoms with E-state index in [4.69, 9.17) is 0 Å². The number of Topliss-reactive ketones (excluding diaryl/α,β-unsaturated/α-hetero) is 1. The maximum absolute atomic E-state index is 12.5. The van der Waals surface area contributed by atoms with E-state index in [0.29, 0.717) is 17.8 Å². The number of anilines is 1. The Labute approximate surface area is 198 Å². The molecule has 0 atom stereocenters. The van der Waals surface area contributed by atoms with Gasteiger partial charge in [-0.15, -0.1) is 10.2 Å². The molecule has 2 aromatic carbocycles. The van der Waals surface area contributed by atoms with E-state index in [9.17, 15) is 9.59 Å². The molecule has 1 fully saturated rings. The highest BCUT2D eigenvalue weighted by atomic mass is 32.2. The highest BCUT2D eigenvalue weighted by molar-refractivity contribution is 7.99. The lowest BCUT2D eigenvalue weighted by molar-refractivity contribution is -0.113. The molecule has 1 aliphatic rings. The van der Waals surface area contributed by atoms with Crippen molar-refractivity contribution in [1.29, 1.82) is 0 Å². The summed E-state index contributed by atoms with van der Waals surface area (Å²) in [7, 11) is 0. The molecule has 1 N–H and O–H groups in total. The van der Waals surface area contributed by atoms with Crippen molar-refractivity contribution < 1.29 is 9.59 Å². The molecule has 0 aliphatic carbocycles. The number of hydrogen-bond acceptors (Lipinski definition) is 6. The molecule has 1 aromatic heterocycles. The minimum Gasteiger partial charge on any atom is -0.325 e. The molecule has 0 unspecified atom stereocenters. The van der Waals surface area contributed by atoms with Gasteiger partial charge in [0.15, 0.2) is 10.9 Å². The van der Waals surface area contributed by atoms with E-state index in [1.54, 1.807) is 24.3 Å². The number of carbonyl (C=O) groups is 2. The lowest BCUT2D eigenvalue weighted by atomic mass is 10.1. The number of thioether (sulfide) groups is 1. The van der Waals surface area contributed by atoms with E-state index in [1.807, 2.05) is 18.2 Å². The molecule has 1 aliphatic heterocycles. The zero-order valence-corrected chi connectivity index (χ0v) is 19.7. The van der Waals surface area contributed by atoms with Crippen LogP contribution in [0.2, 0.25) is 0 Å².